The van der Waals surface area contributed by atoms with Crippen LogP contribution in [0.4, 0.5) is 19.5 Å². The SMILES string of the molecule is C[C@H](Cc1ccc2c(c1)OCCn1nc(N3C(=O)OC[C@H]3C(F)F)nc1-2)C(N)=O. The monoisotopic (exact) mass is 407 g/mol. The molecular formula is C18H19F2N5O4. The number of ether oxygens (including phenoxy) is 2. The molecule has 9 nitrogen and oxygen atoms in total. The van der Waals surface area contributed by atoms with Crippen molar-refractivity contribution >= 4 is 17.9 Å². The normalized spacial score (nSPS) is 19.2. The molecule has 2 N–H and O–H groups in total. The largest absolute Gasteiger partial charge is 0.491 e. The second kappa shape index (κ2) is 7.30. The van der Waals surface area contributed by atoms with Gasteiger partial charge in [0.05, 0.1) is 12.1 Å². The molecule has 154 valence electrons. The van der Waals surface area contributed by atoms with E-state index < -0.39 is 31.1 Å². The Hall–Kier alpha value is -3.24. The standard InChI is InChI=1S/C18H19F2N5O4/c1-9(15(21)26)6-10-2-3-11-13(7-10)28-5-4-24-16(11)22-17(23-24)25-12(14(19)20)8-29-18(25)27/h2-3,7,9,12,14H,4-6,8H2,1H3,(H2,21,26)/t9-,12+/m1/s1. The molecule has 1 aromatic heterocycles. The molecule has 1 aromatic carbocycles. The van der Waals surface area contributed by atoms with Crippen molar-refractivity contribution < 1.29 is 27.8 Å². The van der Waals surface area contributed by atoms with E-state index in [1.807, 2.05) is 6.07 Å². The van der Waals surface area contributed by atoms with Crippen LogP contribution in [0.25, 0.3) is 11.4 Å². The summed E-state index contributed by atoms with van der Waals surface area (Å²) in [6.07, 6.45) is -3.22. The van der Waals surface area contributed by atoms with E-state index in [0.29, 0.717) is 30.1 Å². The number of rotatable bonds is 5. The first-order valence-corrected chi connectivity index (χ1v) is 9.09. The highest BCUT2D eigenvalue weighted by Gasteiger charge is 2.43. The number of nitrogens with two attached hydrogens (primary N) is 1. The number of primary amides is 1. The smallest absolute Gasteiger partial charge is 0.417 e. The van der Waals surface area contributed by atoms with Gasteiger partial charge in [0.1, 0.15) is 25.0 Å². The Balaban J connectivity index is 1.68. The minimum Gasteiger partial charge on any atom is -0.491 e. The highest BCUT2D eigenvalue weighted by Crippen LogP contribution is 2.35. The first-order chi connectivity index (χ1) is 13.8. The van der Waals surface area contributed by atoms with Crippen molar-refractivity contribution in [3.63, 3.8) is 0 Å². The average molecular weight is 407 g/mol. The first kappa shape index (κ1) is 19.1. The van der Waals surface area contributed by atoms with Crippen molar-refractivity contribution in [2.45, 2.75) is 32.4 Å². The minimum atomic E-state index is -2.78. The molecule has 2 atom stereocenters. The van der Waals surface area contributed by atoms with E-state index >= 15 is 0 Å². The van der Waals surface area contributed by atoms with Gasteiger partial charge >= 0.3 is 6.09 Å². The lowest BCUT2D eigenvalue weighted by atomic mass is 9.99. The fourth-order valence-electron chi connectivity index (χ4n) is 3.33. The number of fused-ring (bicyclic) bond motifs is 3. The molecule has 4 rings (SSSR count). The molecule has 0 unspecified atom stereocenters. The van der Waals surface area contributed by atoms with Crippen molar-refractivity contribution in [2.75, 3.05) is 18.1 Å². The fourth-order valence-corrected chi connectivity index (χ4v) is 3.33. The van der Waals surface area contributed by atoms with Crippen LogP contribution in [-0.4, -0.2) is 52.4 Å². The summed E-state index contributed by atoms with van der Waals surface area (Å²) in [4.78, 5) is 28.4. The number of aromatic nitrogens is 3. The molecule has 2 aromatic rings. The summed E-state index contributed by atoms with van der Waals surface area (Å²) in [5, 5.41) is 4.22. The number of amides is 2. The van der Waals surface area contributed by atoms with Crippen LogP contribution in [0.3, 0.4) is 0 Å². The van der Waals surface area contributed by atoms with Gasteiger partial charge in [-0.15, -0.1) is 5.10 Å². The van der Waals surface area contributed by atoms with Gasteiger partial charge in [-0.1, -0.05) is 13.0 Å². The van der Waals surface area contributed by atoms with Crippen LogP contribution in [0.5, 0.6) is 5.75 Å². The van der Waals surface area contributed by atoms with Crippen LogP contribution < -0.4 is 15.4 Å². The summed E-state index contributed by atoms with van der Waals surface area (Å²) < 4.78 is 38.5. The molecule has 2 aliphatic rings. The number of halogens is 2. The van der Waals surface area contributed by atoms with E-state index in [1.165, 1.54) is 4.68 Å². The predicted octanol–water partition coefficient (Wildman–Crippen LogP) is 1.59. The highest BCUT2D eigenvalue weighted by molar-refractivity contribution is 5.88. The topological polar surface area (TPSA) is 113 Å². The third kappa shape index (κ3) is 3.47. The van der Waals surface area contributed by atoms with E-state index in [4.69, 9.17) is 15.2 Å². The van der Waals surface area contributed by atoms with Crippen LogP contribution in [0.2, 0.25) is 0 Å². The van der Waals surface area contributed by atoms with Gasteiger partial charge in [0, 0.05) is 5.92 Å². The van der Waals surface area contributed by atoms with Gasteiger partial charge in [-0.05, 0) is 24.1 Å². The van der Waals surface area contributed by atoms with Gasteiger partial charge in [-0.25, -0.2) is 23.2 Å². The molecule has 1 fully saturated rings. The van der Waals surface area contributed by atoms with Crippen LogP contribution in [0.1, 0.15) is 12.5 Å². The average Bonchev–Trinajstić information content (AvgIpc) is 3.21. The molecule has 3 heterocycles. The number of hydrogen-bond acceptors (Lipinski definition) is 6. The van der Waals surface area contributed by atoms with E-state index in [-0.39, 0.29) is 18.5 Å². The second-order valence-corrected chi connectivity index (χ2v) is 6.99. The van der Waals surface area contributed by atoms with Crippen LogP contribution >= 0.6 is 0 Å². The lowest BCUT2D eigenvalue weighted by molar-refractivity contribution is -0.121. The maximum atomic E-state index is 13.3. The summed E-state index contributed by atoms with van der Waals surface area (Å²) in [6, 6.07) is 3.95. The van der Waals surface area contributed by atoms with Crippen LogP contribution in [0.15, 0.2) is 18.2 Å². The number of nitrogens with zero attached hydrogens (tertiary/aromatic N) is 4. The highest BCUT2D eigenvalue weighted by atomic mass is 19.3. The van der Waals surface area contributed by atoms with Gasteiger partial charge in [0.25, 0.3) is 12.4 Å². The Morgan fingerprint density at radius 3 is 2.90 bits per heavy atom. The number of hydrogen-bond donors (Lipinski definition) is 1. The number of carbonyl (C=O) groups excluding carboxylic acids is 2. The molecule has 29 heavy (non-hydrogen) atoms. The summed E-state index contributed by atoms with van der Waals surface area (Å²) in [5.41, 5.74) is 6.80. The number of anilines is 1. The van der Waals surface area contributed by atoms with Crippen molar-refractivity contribution in [2.24, 2.45) is 11.7 Å². The van der Waals surface area contributed by atoms with Gasteiger partial charge in [-0.2, -0.15) is 4.98 Å². The van der Waals surface area contributed by atoms with Crippen molar-refractivity contribution in [1.29, 1.82) is 0 Å². The van der Waals surface area contributed by atoms with Gasteiger partial charge in [0.15, 0.2) is 5.82 Å². The van der Waals surface area contributed by atoms with E-state index in [1.54, 1.807) is 19.1 Å². The number of carbonyl (C=O) groups is 2. The Labute approximate surface area is 164 Å². The summed E-state index contributed by atoms with van der Waals surface area (Å²) in [5.74, 6) is 0.0749. The number of cyclic esters (lactones) is 1. The van der Waals surface area contributed by atoms with Crippen molar-refractivity contribution in [3.05, 3.63) is 23.8 Å². The lowest BCUT2D eigenvalue weighted by Gasteiger charge is -2.16. The predicted molar refractivity (Wildman–Crippen MR) is 96.6 cm³/mol. The molecular weight excluding hydrogens is 388 g/mol. The molecule has 0 saturated carbocycles. The molecule has 2 aliphatic heterocycles. The minimum absolute atomic E-state index is 0.132. The summed E-state index contributed by atoms with van der Waals surface area (Å²) in [6.45, 7) is 1.93. The number of benzene rings is 1. The zero-order valence-corrected chi connectivity index (χ0v) is 15.5. The zero-order valence-electron chi connectivity index (χ0n) is 15.5. The van der Waals surface area contributed by atoms with Gasteiger partial charge in [-0.3, -0.25) is 4.79 Å². The maximum absolute atomic E-state index is 13.3. The van der Waals surface area contributed by atoms with E-state index in [2.05, 4.69) is 10.1 Å². The van der Waals surface area contributed by atoms with Crippen molar-refractivity contribution in [3.8, 4) is 17.1 Å². The molecule has 0 aliphatic carbocycles. The van der Waals surface area contributed by atoms with Gasteiger partial charge < -0.3 is 15.2 Å². The lowest BCUT2D eigenvalue weighted by Crippen LogP contribution is -2.39. The second-order valence-electron chi connectivity index (χ2n) is 6.99. The van der Waals surface area contributed by atoms with Crippen LogP contribution in [0, 0.1) is 5.92 Å². The number of alkyl halides is 2. The molecule has 2 amide bonds. The molecule has 0 spiro atoms. The third-order valence-electron chi connectivity index (χ3n) is 4.95. The Morgan fingerprint density at radius 1 is 1.38 bits per heavy atom. The molecule has 0 radical (unpaired) electrons. The quantitative estimate of drug-likeness (QED) is 0.806. The fraction of sp³-hybridized carbons (Fsp3) is 0.444. The van der Waals surface area contributed by atoms with Crippen LogP contribution in [-0.2, 0) is 22.5 Å². The Bertz CT molecular complexity index is 964. The van der Waals surface area contributed by atoms with Gasteiger partial charge in [0.2, 0.25) is 5.91 Å². The Kier molecular flexibility index (Phi) is 4.81. The third-order valence-corrected chi connectivity index (χ3v) is 4.95. The van der Waals surface area contributed by atoms with E-state index in [0.717, 1.165) is 10.5 Å². The van der Waals surface area contributed by atoms with E-state index in [9.17, 15) is 18.4 Å². The molecule has 0 bridgehead atoms. The van der Waals surface area contributed by atoms with Crippen molar-refractivity contribution in [1.82, 2.24) is 14.8 Å². The first-order valence-electron chi connectivity index (χ1n) is 9.09. The summed E-state index contributed by atoms with van der Waals surface area (Å²) >= 11 is 0. The summed E-state index contributed by atoms with van der Waals surface area (Å²) in [7, 11) is 0. The molecule has 1 saturated heterocycles. The molecule has 11 heteroatoms. The zero-order chi connectivity index (χ0) is 20.7. The maximum Gasteiger partial charge on any atom is 0.417 e. The Morgan fingerprint density at radius 2 is 2.17 bits per heavy atom.